The lowest BCUT2D eigenvalue weighted by atomic mass is 10.1. The van der Waals surface area contributed by atoms with Crippen molar-refractivity contribution in [3.8, 4) is 5.75 Å². The second-order valence-electron chi connectivity index (χ2n) is 4.56. The zero-order chi connectivity index (χ0) is 12.4. The average Bonchev–Trinajstić information content (AvgIpc) is 2.85. The van der Waals surface area contributed by atoms with Gasteiger partial charge in [-0.05, 0) is 23.6 Å². The Balaban J connectivity index is 1.70. The molecule has 0 fully saturated rings. The molecule has 0 atom stereocenters. The maximum Gasteiger partial charge on any atom is 0.181 e. The molecule has 0 amide bonds. The molecule has 0 radical (unpaired) electrons. The first-order chi connectivity index (χ1) is 8.81. The number of aryl methyl sites for hydroxylation is 2. The number of pyridine rings is 1. The summed E-state index contributed by atoms with van der Waals surface area (Å²) >= 11 is 0. The molecule has 18 heavy (non-hydrogen) atoms. The van der Waals surface area contributed by atoms with Crippen LogP contribution in [-0.4, -0.2) is 11.2 Å². The summed E-state index contributed by atoms with van der Waals surface area (Å²) in [6.07, 6.45) is 5.65. The highest BCUT2D eigenvalue weighted by Gasteiger charge is 2.11. The molecule has 0 saturated carbocycles. The van der Waals surface area contributed by atoms with Crippen LogP contribution in [0.2, 0.25) is 0 Å². The van der Waals surface area contributed by atoms with Gasteiger partial charge in [0, 0.05) is 37.5 Å². The largest absolute Gasteiger partial charge is 0.493 e. The summed E-state index contributed by atoms with van der Waals surface area (Å²) in [4.78, 5) is 11.0. The van der Waals surface area contributed by atoms with Crippen molar-refractivity contribution >= 4 is 0 Å². The lowest BCUT2D eigenvalue weighted by Crippen LogP contribution is -2.05. The maximum atomic E-state index is 11.0. The minimum absolute atomic E-state index is 0.0564. The van der Waals surface area contributed by atoms with Gasteiger partial charge in [-0.2, -0.15) is 0 Å². The molecule has 1 aliphatic heterocycles. The van der Waals surface area contributed by atoms with E-state index < -0.39 is 0 Å². The van der Waals surface area contributed by atoms with Crippen molar-refractivity contribution in [3.63, 3.8) is 0 Å². The molecule has 0 bridgehead atoms. The zero-order valence-corrected chi connectivity index (χ0v) is 10.1. The quantitative estimate of drug-likeness (QED) is 0.823. The molecule has 3 heteroatoms. The van der Waals surface area contributed by atoms with Crippen molar-refractivity contribution in [2.75, 3.05) is 6.61 Å². The van der Waals surface area contributed by atoms with Crippen molar-refractivity contribution in [3.05, 3.63) is 64.1 Å². The first-order valence-corrected chi connectivity index (χ1v) is 6.22. The molecule has 0 spiro atoms. The summed E-state index contributed by atoms with van der Waals surface area (Å²) in [6.45, 7) is 1.69. The van der Waals surface area contributed by atoms with Crippen molar-refractivity contribution in [1.82, 2.24) is 4.57 Å². The lowest BCUT2D eigenvalue weighted by molar-refractivity contribution is 0.357. The second-order valence-corrected chi connectivity index (χ2v) is 4.56. The Labute approximate surface area is 106 Å². The molecule has 2 aromatic rings. The van der Waals surface area contributed by atoms with Crippen LogP contribution in [0.4, 0.5) is 0 Å². The van der Waals surface area contributed by atoms with Crippen LogP contribution in [-0.2, 0) is 19.4 Å². The third-order valence-corrected chi connectivity index (χ3v) is 3.27. The highest BCUT2D eigenvalue weighted by atomic mass is 16.5. The fourth-order valence-electron chi connectivity index (χ4n) is 2.25. The monoisotopic (exact) mass is 241 g/mol. The molecule has 92 valence electrons. The molecule has 2 heterocycles. The normalized spacial score (nSPS) is 13.1. The minimum Gasteiger partial charge on any atom is -0.493 e. The smallest absolute Gasteiger partial charge is 0.181 e. The summed E-state index contributed by atoms with van der Waals surface area (Å²) in [5.41, 5.74) is 2.69. The predicted molar refractivity (Wildman–Crippen MR) is 70.0 cm³/mol. The molecule has 1 aromatic carbocycles. The number of fused-ring (bicyclic) bond motifs is 1. The number of hydrogen-bond acceptors (Lipinski definition) is 2. The second kappa shape index (κ2) is 4.69. The maximum absolute atomic E-state index is 11.0. The van der Waals surface area contributed by atoms with Crippen LogP contribution in [0.3, 0.4) is 0 Å². The fourth-order valence-corrected chi connectivity index (χ4v) is 2.25. The van der Waals surface area contributed by atoms with E-state index in [9.17, 15) is 4.79 Å². The number of hydrogen-bond donors (Lipinski definition) is 0. The van der Waals surface area contributed by atoms with E-state index in [2.05, 4.69) is 18.2 Å². The molecule has 0 N–H and O–H groups in total. The highest BCUT2D eigenvalue weighted by Crippen LogP contribution is 2.26. The Bertz CT molecular complexity index is 596. The summed E-state index contributed by atoms with van der Waals surface area (Å²) in [5, 5.41) is 0. The standard InChI is InChI=1S/C15H15NO2/c17-14-4-8-16(9-5-14)7-3-12-1-2-15-13(11-12)6-10-18-15/h1-2,4-5,8-9,11H,3,6-7,10H2. The van der Waals surface area contributed by atoms with Gasteiger partial charge in [0.2, 0.25) is 0 Å². The summed E-state index contributed by atoms with van der Waals surface area (Å²) < 4.78 is 7.52. The number of ether oxygens (including phenoxy) is 1. The Morgan fingerprint density at radius 1 is 1.17 bits per heavy atom. The Hall–Kier alpha value is -2.03. The number of rotatable bonds is 3. The molecule has 3 rings (SSSR count). The van der Waals surface area contributed by atoms with Gasteiger partial charge >= 0.3 is 0 Å². The predicted octanol–water partition coefficient (Wildman–Crippen LogP) is 2.03. The van der Waals surface area contributed by atoms with Gasteiger partial charge in [0.1, 0.15) is 5.75 Å². The van der Waals surface area contributed by atoms with E-state index in [4.69, 9.17) is 4.74 Å². The highest BCUT2D eigenvalue weighted by molar-refractivity contribution is 5.39. The molecule has 3 nitrogen and oxygen atoms in total. The van der Waals surface area contributed by atoms with Gasteiger partial charge in [0.15, 0.2) is 5.43 Å². The minimum atomic E-state index is 0.0564. The van der Waals surface area contributed by atoms with E-state index in [1.807, 2.05) is 17.0 Å². The van der Waals surface area contributed by atoms with Gasteiger partial charge in [-0.15, -0.1) is 0 Å². The van der Waals surface area contributed by atoms with Gasteiger partial charge in [0.05, 0.1) is 6.61 Å². The third kappa shape index (κ3) is 2.30. The van der Waals surface area contributed by atoms with Crippen molar-refractivity contribution < 1.29 is 4.74 Å². The molecular formula is C15H15NO2. The first kappa shape index (κ1) is 11.1. The molecule has 0 saturated heterocycles. The molecular weight excluding hydrogens is 226 g/mol. The fraction of sp³-hybridized carbons (Fsp3) is 0.267. The third-order valence-electron chi connectivity index (χ3n) is 3.27. The van der Waals surface area contributed by atoms with E-state index in [0.717, 1.165) is 31.7 Å². The Kier molecular flexibility index (Phi) is 2.89. The first-order valence-electron chi connectivity index (χ1n) is 6.22. The number of aromatic nitrogens is 1. The molecule has 1 aliphatic rings. The van der Waals surface area contributed by atoms with E-state index in [-0.39, 0.29) is 5.43 Å². The van der Waals surface area contributed by atoms with E-state index in [1.54, 1.807) is 12.1 Å². The van der Waals surface area contributed by atoms with Crippen LogP contribution < -0.4 is 10.2 Å². The Morgan fingerprint density at radius 3 is 2.83 bits per heavy atom. The zero-order valence-electron chi connectivity index (χ0n) is 10.1. The van der Waals surface area contributed by atoms with Crippen molar-refractivity contribution in [2.45, 2.75) is 19.4 Å². The van der Waals surface area contributed by atoms with E-state index >= 15 is 0 Å². The van der Waals surface area contributed by atoms with Gasteiger partial charge < -0.3 is 9.30 Å². The molecule has 1 aromatic heterocycles. The van der Waals surface area contributed by atoms with Crippen LogP contribution >= 0.6 is 0 Å². The van der Waals surface area contributed by atoms with Crippen molar-refractivity contribution in [2.24, 2.45) is 0 Å². The molecule has 0 unspecified atom stereocenters. The van der Waals surface area contributed by atoms with E-state index in [0.29, 0.717) is 0 Å². The van der Waals surface area contributed by atoms with Crippen LogP contribution in [0.5, 0.6) is 5.75 Å². The topological polar surface area (TPSA) is 31.2 Å². The SMILES string of the molecule is O=c1ccn(CCc2ccc3c(c2)CCO3)cc1. The van der Waals surface area contributed by atoms with Crippen molar-refractivity contribution in [1.29, 1.82) is 0 Å². The van der Waals surface area contributed by atoms with Crippen LogP contribution in [0.1, 0.15) is 11.1 Å². The molecule has 0 aliphatic carbocycles. The van der Waals surface area contributed by atoms with Gasteiger partial charge in [0.25, 0.3) is 0 Å². The summed E-state index contributed by atoms with van der Waals surface area (Å²) in [6, 6.07) is 9.59. The average molecular weight is 241 g/mol. The van der Waals surface area contributed by atoms with Crippen LogP contribution in [0.25, 0.3) is 0 Å². The number of benzene rings is 1. The van der Waals surface area contributed by atoms with Gasteiger partial charge in [-0.1, -0.05) is 12.1 Å². The van der Waals surface area contributed by atoms with E-state index in [1.165, 1.54) is 11.1 Å². The van der Waals surface area contributed by atoms with Crippen LogP contribution in [0, 0.1) is 0 Å². The van der Waals surface area contributed by atoms with Gasteiger partial charge in [-0.25, -0.2) is 0 Å². The summed E-state index contributed by atoms with van der Waals surface area (Å²) in [5.74, 6) is 1.03. The van der Waals surface area contributed by atoms with Crippen LogP contribution in [0.15, 0.2) is 47.5 Å². The van der Waals surface area contributed by atoms with Gasteiger partial charge in [-0.3, -0.25) is 4.79 Å². The Morgan fingerprint density at radius 2 is 2.00 bits per heavy atom. The number of nitrogens with zero attached hydrogens (tertiary/aromatic N) is 1. The summed E-state index contributed by atoms with van der Waals surface area (Å²) in [7, 11) is 0. The lowest BCUT2D eigenvalue weighted by Gasteiger charge is -2.07.